The summed E-state index contributed by atoms with van der Waals surface area (Å²) in [7, 11) is 0. The van der Waals surface area contributed by atoms with Gasteiger partial charge in [0.25, 0.3) is 0 Å². The number of hydrogen-bond acceptors (Lipinski definition) is 2. The maximum atomic E-state index is 5.69. The third kappa shape index (κ3) is 7.67. The minimum absolute atomic E-state index is 0.899. The van der Waals surface area contributed by atoms with E-state index in [1.807, 2.05) is 0 Å². The Morgan fingerprint density at radius 3 is 1.12 bits per heavy atom. The smallest absolute Gasteiger partial charge is 0.0715 e. The van der Waals surface area contributed by atoms with E-state index < -0.39 is 0 Å². The van der Waals surface area contributed by atoms with Gasteiger partial charge in [0, 0.05) is 78.2 Å². The predicted molar refractivity (Wildman–Crippen MR) is 352 cm³/mol. The van der Waals surface area contributed by atoms with E-state index in [2.05, 4.69) is 316 Å². The zero-order valence-corrected chi connectivity index (χ0v) is 45.9. The van der Waals surface area contributed by atoms with Gasteiger partial charge in [-0.25, -0.2) is 4.98 Å². The first-order valence-corrected chi connectivity index (χ1v) is 29.1. The van der Waals surface area contributed by atoms with E-state index in [1.165, 1.54) is 82.4 Å². The second-order valence-corrected chi connectivity index (χ2v) is 22.2. The van der Waals surface area contributed by atoms with E-state index in [4.69, 9.17) is 4.98 Å². The Labute approximate surface area is 486 Å². The number of pyridine rings is 1. The maximum absolute atomic E-state index is 5.69. The highest BCUT2D eigenvalue weighted by Crippen LogP contribution is 2.44. The van der Waals surface area contributed by atoms with Crippen LogP contribution in [-0.2, 0) is 6.42 Å². The van der Waals surface area contributed by atoms with Crippen molar-refractivity contribution in [2.24, 2.45) is 0 Å². The number of rotatable bonds is 9. The monoisotopic (exact) mass is 1070 g/mol. The average Bonchev–Trinajstić information content (AvgIpc) is 3.04. The molecule has 0 N–H and O–H groups in total. The first-order valence-electron chi connectivity index (χ1n) is 29.1. The minimum Gasteiger partial charge on any atom is -0.341 e. The van der Waals surface area contributed by atoms with Gasteiger partial charge in [-0.2, -0.15) is 0 Å². The molecule has 0 fully saturated rings. The molecule has 4 aromatic heterocycles. The summed E-state index contributed by atoms with van der Waals surface area (Å²) in [6.45, 7) is 0.933. The third-order valence-electron chi connectivity index (χ3n) is 17.5. The number of benzene rings is 12. The molecule has 0 saturated carbocycles. The zero-order chi connectivity index (χ0) is 55.2. The van der Waals surface area contributed by atoms with Crippen molar-refractivity contribution in [2.75, 3.05) is 11.4 Å². The molecule has 0 aliphatic carbocycles. The van der Waals surface area contributed by atoms with Gasteiger partial charge in [0.05, 0.1) is 55.9 Å². The van der Waals surface area contributed by atoms with E-state index in [0.29, 0.717) is 0 Å². The first kappa shape index (κ1) is 47.8. The van der Waals surface area contributed by atoms with Gasteiger partial charge >= 0.3 is 0 Å². The fourth-order valence-corrected chi connectivity index (χ4v) is 13.7. The van der Waals surface area contributed by atoms with E-state index in [0.717, 1.165) is 85.9 Å². The van der Waals surface area contributed by atoms with Crippen LogP contribution in [-0.4, -0.2) is 25.2 Å². The normalized spacial score (nSPS) is 12.4. The van der Waals surface area contributed by atoms with Crippen molar-refractivity contribution < 1.29 is 0 Å². The summed E-state index contributed by atoms with van der Waals surface area (Å²) in [6.07, 6.45) is 1.02. The lowest BCUT2D eigenvalue weighted by Crippen LogP contribution is -2.13. The number of hydrogen-bond donors (Lipinski definition) is 0. The molecule has 0 amide bonds. The summed E-state index contributed by atoms with van der Waals surface area (Å²) >= 11 is 0. The topological polar surface area (TPSA) is 30.9 Å². The highest BCUT2D eigenvalue weighted by molar-refractivity contribution is 6.12. The van der Waals surface area contributed by atoms with Crippen LogP contribution in [0.15, 0.2) is 297 Å². The molecule has 0 bridgehead atoms. The highest BCUT2D eigenvalue weighted by Gasteiger charge is 2.24. The molecule has 394 valence electrons. The zero-order valence-electron chi connectivity index (χ0n) is 45.9. The fraction of sp³-hybridized carbons (Fsp3) is 0.0253. The largest absolute Gasteiger partial charge is 0.341 e. The number of para-hydroxylation sites is 7. The molecule has 5 heterocycles. The lowest BCUT2D eigenvalue weighted by atomic mass is 9.95. The van der Waals surface area contributed by atoms with Crippen molar-refractivity contribution in [3.8, 4) is 73.0 Å². The number of fused-ring (bicyclic) bond motifs is 10. The van der Waals surface area contributed by atoms with Gasteiger partial charge in [0.15, 0.2) is 0 Å². The molecule has 12 aromatic carbocycles. The Kier molecular flexibility index (Phi) is 11.0. The molecule has 0 saturated heterocycles. The van der Waals surface area contributed by atoms with Crippen molar-refractivity contribution in [1.29, 1.82) is 0 Å². The van der Waals surface area contributed by atoms with Crippen LogP contribution in [0.4, 0.5) is 11.4 Å². The van der Waals surface area contributed by atoms with Crippen LogP contribution in [0.2, 0.25) is 0 Å². The summed E-state index contributed by atoms with van der Waals surface area (Å²) in [6, 6.07) is 109. The number of nitrogens with zero attached hydrogens (tertiary/aromatic N) is 5. The minimum atomic E-state index is 0.899. The molecule has 16 aromatic rings. The standard InChI is InChI=1S/C79H53N5/c1-2-20-52(21-3-1)58-48-69(56-25-18-23-54(46-56)67-50-59(81-45-44-53-22-4-11-33-71(53)81)40-42-78(67)83-74-36-14-7-29-63(74)64-30-8-15-37-75(64)83)80-70(49-58)57-26-19-24-55(47-57)68-51-60(82-72-34-12-5-27-61(72)62-28-6-13-35-73(62)82)41-43-79(68)84-76-38-16-9-31-65(76)66-32-10-17-39-77(66)84/h1-43,46-51H,44-45H2. The summed E-state index contributed by atoms with van der Waals surface area (Å²) in [4.78, 5) is 8.17. The quantitative estimate of drug-likeness (QED) is 0.144. The Morgan fingerprint density at radius 2 is 0.631 bits per heavy atom. The Bertz CT molecular complexity index is 5130. The van der Waals surface area contributed by atoms with Crippen molar-refractivity contribution in [3.05, 3.63) is 303 Å². The molecule has 0 atom stereocenters. The number of anilines is 2. The van der Waals surface area contributed by atoms with Crippen LogP contribution in [0, 0.1) is 0 Å². The van der Waals surface area contributed by atoms with Gasteiger partial charge in [-0.1, -0.05) is 194 Å². The van der Waals surface area contributed by atoms with Gasteiger partial charge < -0.3 is 18.6 Å². The van der Waals surface area contributed by atoms with E-state index in [-0.39, 0.29) is 0 Å². The van der Waals surface area contributed by atoms with Crippen LogP contribution in [0.1, 0.15) is 5.56 Å². The summed E-state index contributed by atoms with van der Waals surface area (Å²) in [5, 5.41) is 7.40. The van der Waals surface area contributed by atoms with Gasteiger partial charge in [0.2, 0.25) is 0 Å². The number of aromatic nitrogens is 4. The second-order valence-electron chi connectivity index (χ2n) is 22.2. The fourth-order valence-electron chi connectivity index (χ4n) is 13.7. The Balaban J connectivity index is 0.851. The summed E-state index contributed by atoms with van der Waals surface area (Å²) in [5.74, 6) is 0. The molecule has 5 nitrogen and oxygen atoms in total. The van der Waals surface area contributed by atoms with Crippen molar-refractivity contribution in [2.45, 2.75) is 6.42 Å². The second kappa shape index (κ2) is 19.3. The molecular weight excluding hydrogens is 1020 g/mol. The molecule has 0 spiro atoms. The molecular formula is C79H53N5. The van der Waals surface area contributed by atoms with Crippen LogP contribution < -0.4 is 4.90 Å². The lowest BCUT2D eigenvalue weighted by Gasteiger charge is -2.23. The lowest BCUT2D eigenvalue weighted by molar-refractivity contribution is 0.997. The molecule has 1 aliphatic rings. The van der Waals surface area contributed by atoms with E-state index in [1.54, 1.807) is 0 Å². The van der Waals surface area contributed by atoms with Crippen LogP contribution in [0.25, 0.3) is 138 Å². The highest BCUT2D eigenvalue weighted by atomic mass is 15.2. The Hall–Kier alpha value is -11.0. The molecule has 0 radical (unpaired) electrons. The molecule has 5 heteroatoms. The molecule has 0 unspecified atom stereocenters. The molecule has 84 heavy (non-hydrogen) atoms. The van der Waals surface area contributed by atoms with Crippen molar-refractivity contribution in [3.63, 3.8) is 0 Å². The van der Waals surface area contributed by atoms with Crippen molar-refractivity contribution in [1.82, 2.24) is 18.7 Å². The predicted octanol–water partition coefficient (Wildman–Crippen LogP) is 20.4. The molecule has 17 rings (SSSR count). The van der Waals surface area contributed by atoms with Crippen LogP contribution in [0.3, 0.4) is 0 Å². The van der Waals surface area contributed by atoms with Gasteiger partial charge in [0.1, 0.15) is 0 Å². The maximum Gasteiger partial charge on any atom is 0.0715 e. The average molecular weight is 1070 g/mol. The van der Waals surface area contributed by atoms with Gasteiger partial charge in [-0.3, -0.25) is 0 Å². The van der Waals surface area contributed by atoms with Crippen molar-refractivity contribution >= 4 is 76.8 Å². The van der Waals surface area contributed by atoms with E-state index >= 15 is 0 Å². The van der Waals surface area contributed by atoms with E-state index in [9.17, 15) is 0 Å². The molecule has 1 aliphatic heterocycles. The van der Waals surface area contributed by atoms with Crippen LogP contribution in [0.5, 0.6) is 0 Å². The first-order chi connectivity index (χ1) is 41.7. The summed E-state index contributed by atoms with van der Waals surface area (Å²) < 4.78 is 7.33. The summed E-state index contributed by atoms with van der Waals surface area (Å²) in [5.41, 5.74) is 24.8. The Morgan fingerprint density at radius 1 is 0.250 bits per heavy atom. The van der Waals surface area contributed by atoms with Crippen LogP contribution >= 0.6 is 0 Å². The van der Waals surface area contributed by atoms with Gasteiger partial charge in [-0.05, 0) is 137 Å². The third-order valence-corrected chi connectivity index (χ3v) is 17.5. The van der Waals surface area contributed by atoms with Gasteiger partial charge in [-0.15, -0.1) is 0 Å². The SMILES string of the molecule is c1ccc(-c2cc(-c3cccc(-c4cc(N5CCc6ccccc65)ccc4-n4c5ccccc5c5ccccc54)c3)nc(-c3cccc(-c4cc(-n5c6ccccc6c6ccccc65)ccc4-n4c5ccccc5c5ccccc54)c3)c2)cc1.